The minimum atomic E-state index is -0.999. The van der Waals surface area contributed by atoms with Crippen LogP contribution >= 0.6 is 0 Å². The third-order valence-corrected chi connectivity index (χ3v) is 2.13. The van der Waals surface area contributed by atoms with Gasteiger partial charge in [-0.3, -0.25) is 0 Å². The lowest BCUT2D eigenvalue weighted by molar-refractivity contribution is 0.0691. The van der Waals surface area contributed by atoms with E-state index in [2.05, 4.69) is 9.97 Å². The number of aromatic amines is 1. The van der Waals surface area contributed by atoms with Gasteiger partial charge in [-0.15, -0.1) is 0 Å². The molecule has 15 heavy (non-hydrogen) atoms. The Morgan fingerprint density at radius 3 is 2.53 bits per heavy atom. The van der Waals surface area contributed by atoms with Gasteiger partial charge in [0.15, 0.2) is 0 Å². The molecule has 0 atom stereocenters. The zero-order valence-corrected chi connectivity index (χ0v) is 8.19. The molecule has 4 heteroatoms. The Morgan fingerprint density at radius 1 is 1.33 bits per heavy atom. The molecule has 0 aliphatic heterocycles. The molecule has 0 bridgehead atoms. The van der Waals surface area contributed by atoms with E-state index in [1.54, 1.807) is 0 Å². The lowest BCUT2D eigenvalue weighted by Crippen LogP contribution is -1.95. The second kappa shape index (κ2) is 3.57. The van der Waals surface area contributed by atoms with E-state index < -0.39 is 5.97 Å². The molecule has 2 rings (SSSR count). The Labute approximate surface area is 86.6 Å². The van der Waals surface area contributed by atoms with E-state index in [0.29, 0.717) is 5.82 Å². The summed E-state index contributed by atoms with van der Waals surface area (Å²) < 4.78 is 0. The fourth-order valence-electron chi connectivity index (χ4n) is 1.29. The molecule has 1 aromatic heterocycles. The van der Waals surface area contributed by atoms with Crippen molar-refractivity contribution >= 4 is 5.97 Å². The summed E-state index contributed by atoms with van der Waals surface area (Å²) in [5.41, 5.74) is 2.14. The maximum Gasteiger partial charge on any atom is 0.353 e. The summed E-state index contributed by atoms with van der Waals surface area (Å²) in [6.07, 6.45) is 1.32. The Balaban J connectivity index is 2.37. The number of nitrogens with one attached hydrogen (secondary N) is 1. The molecule has 1 aromatic carbocycles. The van der Waals surface area contributed by atoms with Crippen molar-refractivity contribution in [2.75, 3.05) is 0 Å². The summed E-state index contributed by atoms with van der Waals surface area (Å²) in [6, 6.07) is 7.72. The van der Waals surface area contributed by atoms with Gasteiger partial charge in [-0.2, -0.15) is 0 Å². The first-order valence-corrected chi connectivity index (χ1v) is 4.52. The van der Waals surface area contributed by atoms with Gasteiger partial charge < -0.3 is 10.1 Å². The summed E-state index contributed by atoms with van der Waals surface area (Å²) in [5.74, 6) is -0.423. The van der Waals surface area contributed by atoms with Gasteiger partial charge in [0.25, 0.3) is 0 Å². The molecular formula is C11H10N2O2. The molecule has 2 N–H and O–H groups in total. The summed E-state index contributed by atoms with van der Waals surface area (Å²) in [5, 5.41) is 8.72. The number of hydrogen-bond donors (Lipinski definition) is 2. The second-order valence-corrected chi connectivity index (χ2v) is 3.32. The fourth-order valence-corrected chi connectivity index (χ4v) is 1.29. The Bertz CT molecular complexity index is 486. The first-order valence-electron chi connectivity index (χ1n) is 4.52. The first kappa shape index (κ1) is 9.45. The number of carboxylic acid groups (broad SMARTS) is 1. The van der Waals surface area contributed by atoms with Gasteiger partial charge in [0.2, 0.25) is 0 Å². The predicted octanol–water partition coefficient (Wildman–Crippen LogP) is 2.08. The highest BCUT2D eigenvalue weighted by Crippen LogP contribution is 2.15. The van der Waals surface area contributed by atoms with Gasteiger partial charge >= 0.3 is 5.97 Å². The topological polar surface area (TPSA) is 66.0 Å². The number of aromatic carboxylic acids is 1. The highest BCUT2D eigenvalue weighted by molar-refractivity contribution is 5.85. The third kappa shape index (κ3) is 1.88. The van der Waals surface area contributed by atoms with Crippen LogP contribution in [0.25, 0.3) is 11.4 Å². The van der Waals surface area contributed by atoms with Crippen LogP contribution in [0.3, 0.4) is 0 Å². The van der Waals surface area contributed by atoms with Crippen molar-refractivity contribution in [3.05, 3.63) is 41.7 Å². The number of nitrogens with zero attached hydrogens (tertiary/aromatic N) is 1. The number of carboxylic acids is 1. The van der Waals surface area contributed by atoms with Crippen molar-refractivity contribution in [3.63, 3.8) is 0 Å². The molecule has 0 spiro atoms. The predicted molar refractivity (Wildman–Crippen MR) is 55.7 cm³/mol. The molecule has 76 valence electrons. The highest BCUT2D eigenvalue weighted by Gasteiger charge is 2.07. The molecule has 0 amide bonds. The zero-order valence-electron chi connectivity index (χ0n) is 8.19. The summed E-state index contributed by atoms with van der Waals surface area (Å²) in [4.78, 5) is 17.4. The highest BCUT2D eigenvalue weighted by atomic mass is 16.4. The van der Waals surface area contributed by atoms with Crippen LogP contribution in [-0.2, 0) is 0 Å². The maximum absolute atomic E-state index is 10.6. The molecule has 0 aliphatic rings. The van der Waals surface area contributed by atoms with Crippen LogP contribution in [0.1, 0.15) is 16.1 Å². The minimum Gasteiger partial charge on any atom is -0.477 e. The van der Waals surface area contributed by atoms with E-state index in [1.165, 1.54) is 6.20 Å². The van der Waals surface area contributed by atoms with E-state index in [0.717, 1.165) is 11.1 Å². The smallest absolute Gasteiger partial charge is 0.353 e. The third-order valence-electron chi connectivity index (χ3n) is 2.13. The van der Waals surface area contributed by atoms with Crippen LogP contribution in [-0.4, -0.2) is 21.0 Å². The summed E-state index contributed by atoms with van der Waals surface area (Å²) >= 11 is 0. The van der Waals surface area contributed by atoms with Crippen LogP contribution < -0.4 is 0 Å². The standard InChI is InChI=1S/C11H10N2O2/c1-7-2-4-8(5-3-7)10-12-6-9(13-10)11(14)15/h2-6H,1H3,(H,12,13)(H,14,15). The number of carbonyl (C=O) groups is 1. The SMILES string of the molecule is Cc1ccc(-c2ncc(C(=O)O)[nH]2)cc1. The summed E-state index contributed by atoms with van der Waals surface area (Å²) in [6.45, 7) is 1.99. The summed E-state index contributed by atoms with van der Waals surface area (Å²) in [7, 11) is 0. The van der Waals surface area contributed by atoms with Crippen molar-refractivity contribution in [2.45, 2.75) is 6.92 Å². The van der Waals surface area contributed by atoms with Crippen molar-refractivity contribution < 1.29 is 9.90 Å². The molecule has 0 saturated heterocycles. The van der Waals surface area contributed by atoms with E-state index >= 15 is 0 Å². The molecule has 4 nitrogen and oxygen atoms in total. The molecule has 0 radical (unpaired) electrons. The number of aromatic nitrogens is 2. The van der Waals surface area contributed by atoms with Gasteiger partial charge in [-0.05, 0) is 6.92 Å². The Hall–Kier alpha value is -2.10. The molecule has 0 fully saturated rings. The van der Waals surface area contributed by atoms with Crippen LogP contribution in [0.5, 0.6) is 0 Å². The number of aryl methyl sites for hydroxylation is 1. The van der Waals surface area contributed by atoms with Gasteiger partial charge in [0.1, 0.15) is 11.5 Å². The number of imidazole rings is 1. The number of H-pyrrole nitrogens is 1. The van der Waals surface area contributed by atoms with Gasteiger partial charge in [-0.1, -0.05) is 29.8 Å². The quantitative estimate of drug-likeness (QED) is 0.783. The van der Waals surface area contributed by atoms with Crippen LogP contribution in [0.15, 0.2) is 30.5 Å². The van der Waals surface area contributed by atoms with Crippen LogP contribution in [0.2, 0.25) is 0 Å². The van der Waals surface area contributed by atoms with Gasteiger partial charge in [0.05, 0.1) is 6.20 Å². The van der Waals surface area contributed by atoms with E-state index in [1.807, 2.05) is 31.2 Å². The number of benzene rings is 1. The van der Waals surface area contributed by atoms with E-state index in [-0.39, 0.29) is 5.69 Å². The van der Waals surface area contributed by atoms with Crippen LogP contribution in [0, 0.1) is 6.92 Å². The van der Waals surface area contributed by atoms with Gasteiger partial charge in [0, 0.05) is 5.56 Å². The van der Waals surface area contributed by atoms with Crippen molar-refractivity contribution in [2.24, 2.45) is 0 Å². The number of rotatable bonds is 2. The van der Waals surface area contributed by atoms with Crippen LogP contribution in [0.4, 0.5) is 0 Å². The monoisotopic (exact) mass is 202 g/mol. The van der Waals surface area contributed by atoms with E-state index in [9.17, 15) is 4.79 Å². The zero-order chi connectivity index (χ0) is 10.8. The molecule has 0 saturated carbocycles. The van der Waals surface area contributed by atoms with Gasteiger partial charge in [-0.25, -0.2) is 9.78 Å². The molecule has 1 heterocycles. The average molecular weight is 202 g/mol. The largest absolute Gasteiger partial charge is 0.477 e. The van der Waals surface area contributed by atoms with Crippen molar-refractivity contribution in [1.82, 2.24) is 9.97 Å². The molecule has 0 unspecified atom stereocenters. The fraction of sp³-hybridized carbons (Fsp3) is 0.0909. The normalized spacial score (nSPS) is 10.2. The van der Waals surface area contributed by atoms with E-state index in [4.69, 9.17) is 5.11 Å². The maximum atomic E-state index is 10.6. The van der Waals surface area contributed by atoms with Crippen molar-refractivity contribution in [3.8, 4) is 11.4 Å². The molecular weight excluding hydrogens is 192 g/mol. The minimum absolute atomic E-state index is 0.102. The molecule has 0 aliphatic carbocycles. The molecule has 2 aromatic rings. The lowest BCUT2D eigenvalue weighted by atomic mass is 10.1. The Morgan fingerprint density at radius 2 is 2.00 bits per heavy atom. The second-order valence-electron chi connectivity index (χ2n) is 3.32. The Kier molecular flexibility index (Phi) is 2.25. The number of hydrogen-bond acceptors (Lipinski definition) is 2. The first-order chi connectivity index (χ1) is 7.16. The average Bonchev–Trinajstić information content (AvgIpc) is 2.68. The van der Waals surface area contributed by atoms with Crippen molar-refractivity contribution in [1.29, 1.82) is 0 Å². The lowest BCUT2D eigenvalue weighted by Gasteiger charge is -1.96.